The van der Waals surface area contributed by atoms with E-state index < -0.39 is 5.41 Å². The molecule has 1 fully saturated rings. The number of hydrogen-bond acceptors (Lipinski definition) is 3. The summed E-state index contributed by atoms with van der Waals surface area (Å²) in [5.41, 5.74) is 1.52. The summed E-state index contributed by atoms with van der Waals surface area (Å²) in [6.07, 6.45) is 1.01. The van der Waals surface area contributed by atoms with Gasteiger partial charge in [0, 0.05) is 5.69 Å². The highest BCUT2D eigenvalue weighted by Gasteiger charge is 2.56. The second-order valence-corrected chi connectivity index (χ2v) is 6.89. The van der Waals surface area contributed by atoms with Crippen molar-refractivity contribution in [3.8, 4) is 6.07 Å². The summed E-state index contributed by atoms with van der Waals surface area (Å²) < 4.78 is 0. The molecule has 0 unspecified atom stereocenters. The van der Waals surface area contributed by atoms with Crippen LogP contribution in [0.3, 0.4) is 0 Å². The number of anilines is 2. The van der Waals surface area contributed by atoms with Gasteiger partial charge in [0.25, 0.3) is 0 Å². The molecule has 0 saturated heterocycles. The average Bonchev–Trinajstić information content (AvgIpc) is 3.44. The van der Waals surface area contributed by atoms with Crippen molar-refractivity contribution in [1.82, 2.24) is 0 Å². The van der Waals surface area contributed by atoms with E-state index in [4.69, 9.17) is 5.26 Å². The molecule has 0 spiro atoms. The highest BCUT2D eigenvalue weighted by molar-refractivity contribution is 6.17. The van der Waals surface area contributed by atoms with Gasteiger partial charge < -0.3 is 10.6 Å². The molecule has 5 nitrogen and oxygen atoms in total. The number of hydrogen-bond donors (Lipinski definition) is 2. The Morgan fingerprint density at radius 2 is 1.50 bits per heavy atom. The summed E-state index contributed by atoms with van der Waals surface area (Å²) in [5, 5.41) is 14.8. The fourth-order valence-corrected chi connectivity index (χ4v) is 2.97. The normalized spacial score (nSPS) is 14.4. The van der Waals surface area contributed by atoms with Gasteiger partial charge >= 0.3 is 0 Å². The Morgan fingerprint density at radius 1 is 0.962 bits per heavy atom. The van der Waals surface area contributed by atoms with Crippen LogP contribution in [-0.4, -0.2) is 11.8 Å². The Hall–Kier alpha value is -3.13. The maximum Gasteiger partial charge on any atom is 0.240 e. The van der Waals surface area contributed by atoms with Crippen LogP contribution in [0, 0.1) is 16.7 Å². The molecule has 2 aromatic rings. The van der Waals surface area contributed by atoms with Crippen LogP contribution < -0.4 is 10.6 Å². The lowest BCUT2D eigenvalue weighted by molar-refractivity contribution is -0.131. The molecule has 5 heteroatoms. The zero-order valence-corrected chi connectivity index (χ0v) is 14.9. The van der Waals surface area contributed by atoms with Crippen molar-refractivity contribution in [3.05, 3.63) is 59.7 Å². The number of amides is 2. The van der Waals surface area contributed by atoms with E-state index in [2.05, 4.69) is 24.5 Å². The number of rotatable bonds is 5. The summed E-state index contributed by atoms with van der Waals surface area (Å²) in [6.45, 7) is 4.12. The minimum Gasteiger partial charge on any atom is -0.325 e. The third-order valence-electron chi connectivity index (χ3n) is 4.75. The predicted octanol–water partition coefficient (Wildman–Crippen LogP) is 4.04. The number of benzene rings is 2. The van der Waals surface area contributed by atoms with E-state index in [0.29, 0.717) is 24.1 Å². The van der Waals surface area contributed by atoms with Crippen LogP contribution in [-0.2, 0) is 9.59 Å². The van der Waals surface area contributed by atoms with Crippen LogP contribution in [0.1, 0.15) is 43.7 Å². The summed E-state index contributed by atoms with van der Waals surface area (Å²) in [5.74, 6) is -0.393. The van der Waals surface area contributed by atoms with Crippen molar-refractivity contribution < 1.29 is 9.59 Å². The number of carbonyl (C=O) groups is 2. The van der Waals surface area contributed by atoms with E-state index in [1.807, 2.05) is 30.3 Å². The monoisotopic (exact) mass is 347 g/mol. The van der Waals surface area contributed by atoms with Crippen LogP contribution in [0.15, 0.2) is 48.5 Å². The average molecular weight is 347 g/mol. The van der Waals surface area contributed by atoms with E-state index in [1.165, 1.54) is 0 Å². The topological polar surface area (TPSA) is 82.0 Å². The minimum atomic E-state index is -1.06. The second kappa shape index (κ2) is 7.01. The lowest BCUT2D eigenvalue weighted by atomic mass is 9.99. The largest absolute Gasteiger partial charge is 0.325 e. The highest BCUT2D eigenvalue weighted by atomic mass is 16.2. The molecular formula is C21H21N3O2. The van der Waals surface area contributed by atoms with E-state index in [-0.39, 0.29) is 17.7 Å². The molecule has 0 aliphatic heterocycles. The smallest absolute Gasteiger partial charge is 0.240 e. The van der Waals surface area contributed by atoms with Gasteiger partial charge in [-0.05, 0) is 42.5 Å². The Bertz CT molecular complexity index is 892. The fourth-order valence-electron chi connectivity index (χ4n) is 2.97. The molecule has 2 N–H and O–H groups in total. The van der Waals surface area contributed by atoms with E-state index in [9.17, 15) is 9.59 Å². The summed E-state index contributed by atoms with van der Waals surface area (Å²) in [4.78, 5) is 25.6. The number of nitrogens with zero attached hydrogens (tertiary/aromatic N) is 1. The van der Waals surface area contributed by atoms with E-state index in [1.54, 1.807) is 24.3 Å². The van der Waals surface area contributed by atoms with Crippen molar-refractivity contribution in [2.45, 2.75) is 32.6 Å². The standard InChI is InChI=1S/C21H21N3O2/c1-14(2)16-8-4-6-10-18(16)24-20(26)21(11-12-21)19(25)23-17-9-5-3-7-15(17)13-22/h3-10,14H,11-12H2,1-2H3,(H,23,25)(H,24,26). The molecule has 3 rings (SSSR count). The highest BCUT2D eigenvalue weighted by Crippen LogP contribution is 2.48. The zero-order valence-electron chi connectivity index (χ0n) is 14.9. The summed E-state index contributed by atoms with van der Waals surface area (Å²) in [7, 11) is 0. The van der Waals surface area contributed by atoms with Gasteiger partial charge in [0.15, 0.2) is 0 Å². The van der Waals surface area contributed by atoms with Crippen molar-refractivity contribution in [3.63, 3.8) is 0 Å². The molecule has 0 bridgehead atoms. The van der Waals surface area contributed by atoms with Gasteiger partial charge in [-0.3, -0.25) is 9.59 Å². The number of nitriles is 1. The Balaban J connectivity index is 1.78. The predicted molar refractivity (Wildman–Crippen MR) is 101 cm³/mol. The van der Waals surface area contributed by atoms with E-state index >= 15 is 0 Å². The van der Waals surface area contributed by atoms with Gasteiger partial charge in [0.05, 0.1) is 11.3 Å². The molecule has 0 radical (unpaired) electrons. The first kappa shape index (κ1) is 17.7. The Labute approximate surface area is 153 Å². The molecule has 1 aliphatic rings. The van der Waals surface area contributed by atoms with Gasteiger partial charge in [0.1, 0.15) is 11.5 Å². The fraction of sp³-hybridized carbons (Fsp3) is 0.286. The van der Waals surface area contributed by atoms with Gasteiger partial charge in [0.2, 0.25) is 11.8 Å². The minimum absolute atomic E-state index is 0.262. The Morgan fingerprint density at radius 3 is 2.08 bits per heavy atom. The lowest BCUT2D eigenvalue weighted by Gasteiger charge is -2.18. The van der Waals surface area contributed by atoms with E-state index in [0.717, 1.165) is 11.3 Å². The van der Waals surface area contributed by atoms with Gasteiger partial charge in [-0.15, -0.1) is 0 Å². The van der Waals surface area contributed by atoms with Crippen molar-refractivity contribution >= 4 is 23.2 Å². The third kappa shape index (κ3) is 3.31. The van der Waals surface area contributed by atoms with Crippen LogP contribution in [0.5, 0.6) is 0 Å². The molecule has 26 heavy (non-hydrogen) atoms. The van der Waals surface area contributed by atoms with Crippen molar-refractivity contribution in [2.24, 2.45) is 5.41 Å². The second-order valence-electron chi connectivity index (χ2n) is 6.89. The van der Waals surface area contributed by atoms with Crippen LogP contribution in [0.2, 0.25) is 0 Å². The van der Waals surface area contributed by atoms with Crippen molar-refractivity contribution in [1.29, 1.82) is 5.26 Å². The number of carbonyl (C=O) groups excluding carboxylic acids is 2. The molecule has 1 aliphatic carbocycles. The SMILES string of the molecule is CC(C)c1ccccc1NC(=O)C1(C(=O)Nc2ccccc2C#N)CC1. The molecule has 0 atom stereocenters. The van der Waals surface area contributed by atoms with Crippen LogP contribution in [0.4, 0.5) is 11.4 Å². The maximum atomic E-state index is 12.8. The molecule has 0 heterocycles. The summed E-state index contributed by atoms with van der Waals surface area (Å²) >= 11 is 0. The maximum absolute atomic E-state index is 12.8. The molecule has 1 saturated carbocycles. The first-order chi connectivity index (χ1) is 12.5. The van der Waals surface area contributed by atoms with Crippen LogP contribution >= 0.6 is 0 Å². The van der Waals surface area contributed by atoms with Crippen molar-refractivity contribution in [2.75, 3.05) is 10.6 Å². The zero-order chi connectivity index (χ0) is 18.7. The van der Waals surface area contributed by atoms with Gasteiger partial charge in [-0.25, -0.2) is 0 Å². The van der Waals surface area contributed by atoms with Gasteiger partial charge in [-0.1, -0.05) is 44.2 Å². The third-order valence-corrected chi connectivity index (χ3v) is 4.75. The quantitative estimate of drug-likeness (QED) is 0.801. The molecule has 2 amide bonds. The summed E-state index contributed by atoms with van der Waals surface area (Å²) in [6, 6.07) is 16.5. The van der Waals surface area contributed by atoms with Gasteiger partial charge in [-0.2, -0.15) is 5.26 Å². The van der Waals surface area contributed by atoms with Crippen LogP contribution in [0.25, 0.3) is 0 Å². The molecule has 132 valence electrons. The first-order valence-corrected chi connectivity index (χ1v) is 8.69. The Kier molecular flexibility index (Phi) is 4.77. The number of nitrogens with one attached hydrogen (secondary N) is 2. The lowest BCUT2D eigenvalue weighted by Crippen LogP contribution is -2.36. The molecule has 0 aromatic heterocycles. The molecular weight excluding hydrogens is 326 g/mol. The molecule has 2 aromatic carbocycles. The first-order valence-electron chi connectivity index (χ1n) is 8.69. The number of para-hydroxylation sites is 2.